The smallest absolute Gasteiger partial charge is 0.338 e. The molecule has 11 heteroatoms. The highest BCUT2D eigenvalue weighted by Crippen LogP contribution is 2.20. The molecule has 128 valence electrons. The van der Waals surface area contributed by atoms with E-state index in [0.29, 0.717) is 6.07 Å². The normalized spacial score (nSPS) is 11.9. The fraction of sp³-hybridized carbons (Fsp3) is 0. The summed E-state index contributed by atoms with van der Waals surface area (Å²) in [5, 5.41) is 13.8. The van der Waals surface area contributed by atoms with E-state index in [1.807, 2.05) is 0 Å². The van der Waals surface area contributed by atoms with E-state index in [0.717, 1.165) is 24.3 Å². The van der Waals surface area contributed by atoms with E-state index in [1.165, 1.54) is 12.1 Å². The van der Waals surface area contributed by atoms with Crippen LogP contribution >= 0.6 is 0 Å². The number of anilines is 1. The van der Waals surface area contributed by atoms with Gasteiger partial charge in [-0.3, -0.25) is 4.72 Å². The third-order valence-electron chi connectivity index (χ3n) is 2.91. The second kappa shape index (κ2) is 6.19. The second-order valence-corrected chi connectivity index (χ2v) is 7.87. The van der Waals surface area contributed by atoms with Gasteiger partial charge < -0.3 is 5.11 Å². The molecule has 0 bridgehead atoms. The molecule has 0 unspecified atom stereocenters. The Bertz CT molecular complexity index is 1000. The zero-order chi connectivity index (χ0) is 18.1. The molecule has 0 heterocycles. The van der Waals surface area contributed by atoms with E-state index in [1.54, 1.807) is 0 Å². The number of hydrogen-bond acceptors (Lipinski definition) is 5. The number of carboxylic acids is 1. The van der Waals surface area contributed by atoms with E-state index >= 15 is 0 Å². The average Bonchev–Trinajstić information content (AvgIpc) is 2.46. The van der Waals surface area contributed by atoms with Crippen LogP contribution in [-0.4, -0.2) is 27.9 Å². The number of hydrogen-bond donors (Lipinski definition) is 3. The summed E-state index contributed by atoms with van der Waals surface area (Å²) in [7, 11) is -8.11. The van der Waals surface area contributed by atoms with Crippen LogP contribution in [0.5, 0.6) is 0 Å². The highest BCUT2D eigenvalue weighted by atomic mass is 32.2. The minimum atomic E-state index is -4.20. The van der Waals surface area contributed by atoms with E-state index in [4.69, 9.17) is 10.2 Å². The number of rotatable bonds is 5. The van der Waals surface area contributed by atoms with Gasteiger partial charge in [-0.15, -0.1) is 0 Å². The predicted molar refractivity (Wildman–Crippen MR) is 82.0 cm³/mol. The van der Waals surface area contributed by atoms with Crippen molar-refractivity contribution in [2.45, 2.75) is 9.79 Å². The molecule has 24 heavy (non-hydrogen) atoms. The van der Waals surface area contributed by atoms with Gasteiger partial charge in [-0.05, 0) is 42.5 Å². The molecule has 0 aliphatic rings. The van der Waals surface area contributed by atoms with Gasteiger partial charge in [0.2, 0.25) is 10.0 Å². The third-order valence-corrected chi connectivity index (χ3v) is 5.22. The van der Waals surface area contributed by atoms with Crippen LogP contribution in [0.15, 0.2) is 52.3 Å². The summed E-state index contributed by atoms with van der Waals surface area (Å²) >= 11 is 0. The van der Waals surface area contributed by atoms with Crippen LogP contribution in [0.2, 0.25) is 0 Å². The molecule has 0 radical (unpaired) electrons. The molecule has 0 aliphatic carbocycles. The number of nitrogens with one attached hydrogen (secondary N) is 1. The quantitative estimate of drug-likeness (QED) is 0.711. The van der Waals surface area contributed by atoms with Crippen molar-refractivity contribution < 1.29 is 31.1 Å². The molecule has 2 rings (SSSR count). The van der Waals surface area contributed by atoms with Crippen molar-refractivity contribution in [1.82, 2.24) is 0 Å². The number of benzene rings is 2. The van der Waals surface area contributed by atoms with Gasteiger partial charge >= 0.3 is 5.97 Å². The monoisotopic (exact) mass is 374 g/mol. The number of primary sulfonamides is 1. The van der Waals surface area contributed by atoms with Crippen molar-refractivity contribution in [3.63, 3.8) is 0 Å². The van der Waals surface area contributed by atoms with Gasteiger partial charge in [-0.25, -0.2) is 31.2 Å². The van der Waals surface area contributed by atoms with Crippen LogP contribution in [0.3, 0.4) is 0 Å². The number of sulfonamides is 2. The molecule has 8 nitrogen and oxygen atoms in total. The maximum Gasteiger partial charge on any atom is 0.338 e. The number of carbonyl (C=O) groups is 1. The molecular weight excluding hydrogens is 363 g/mol. The van der Waals surface area contributed by atoms with E-state index in [9.17, 15) is 26.0 Å². The first-order valence-corrected chi connectivity index (χ1v) is 9.22. The SMILES string of the molecule is NS(=O)(=O)c1ccc(NS(=O)(=O)c2ccc(F)c(C(=O)O)c2)cc1. The molecule has 0 aliphatic heterocycles. The number of carboxylic acid groups (broad SMARTS) is 1. The first kappa shape index (κ1) is 17.8. The first-order valence-electron chi connectivity index (χ1n) is 6.19. The van der Waals surface area contributed by atoms with Crippen molar-refractivity contribution in [3.8, 4) is 0 Å². The summed E-state index contributed by atoms with van der Waals surface area (Å²) in [6.07, 6.45) is 0. The summed E-state index contributed by atoms with van der Waals surface area (Å²) in [5.41, 5.74) is -0.772. The number of nitrogens with two attached hydrogens (primary N) is 1. The van der Waals surface area contributed by atoms with Gasteiger partial charge in [-0.1, -0.05) is 0 Å². The van der Waals surface area contributed by atoms with Crippen LogP contribution in [0.25, 0.3) is 0 Å². The minimum absolute atomic E-state index is 0.0172. The van der Waals surface area contributed by atoms with Gasteiger partial charge in [0.25, 0.3) is 10.0 Å². The van der Waals surface area contributed by atoms with Gasteiger partial charge in [0.15, 0.2) is 0 Å². The van der Waals surface area contributed by atoms with E-state index in [-0.39, 0.29) is 10.6 Å². The molecule has 4 N–H and O–H groups in total. The molecule has 2 aromatic carbocycles. The average molecular weight is 374 g/mol. The number of halogens is 1. The summed E-state index contributed by atoms with van der Waals surface area (Å²) < 4.78 is 62.1. The standard InChI is InChI=1S/C13H11FN2O6S2/c14-12-6-5-10(7-11(12)13(17)18)24(21,22)16-8-1-3-9(4-2-8)23(15,19)20/h1-7,16H,(H,17,18)(H2,15,19,20). The largest absolute Gasteiger partial charge is 0.478 e. The molecule has 0 amide bonds. The van der Waals surface area contributed by atoms with Crippen molar-refractivity contribution in [2.24, 2.45) is 5.14 Å². The highest BCUT2D eigenvalue weighted by Gasteiger charge is 2.19. The van der Waals surface area contributed by atoms with Gasteiger partial charge in [0, 0.05) is 5.69 Å². The van der Waals surface area contributed by atoms with Crippen LogP contribution in [0.4, 0.5) is 10.1 Å². The fourth-order valence-corrected chi connectivity index (χ4v) is 3.36. The fourth-order valence-electron chi connectivity index (χ4n) is 1.76. The second-order valence-electron chi connectivity index (χ2n) is 4.62. The van der Waals surface area contributed by atoms with Crippen LogP contribution in [-0.2, 0) is 20.0 Å². The topological polar surface area (TPSA) is 144 Å². The Hall–Kier alpha value is -2.50. The maximum absolute atomic E-state index is 13.3. The highest BCUT2D eigenvalue weighted by molar-refractivity contribution is 7.92. The molecule has 0 atom stereocenters. The van der Waals surface area contributed by atoms with E-state index in [2.05, 4.69) is 4.72 Å². The molecule has 0 saturated carbocycles. The lowest BCUT2D eigenvalue weighted by molar-refractivity contribution is 0.0691. The zero-order valence-electron chi connectivity index (χ0n) is 11.8. The lowest BCUT2D eigenvalue weighted by atomic mass is 10.2. The van der Waals surface area contributed by atoms with Crippen LogP contribution in [0, 0.1) is 5.82 Å². The van der Waals surface area contributed by atoms with Gasteiger partial charge in [0.05, 0.1) is 15.4 Å². The Morgan fingerprint density at radius 3 is 2.04 bits per heavy atom. The Morgan fingerprint density at radius 2 is 1.54 bits per heavy atom. The summed E-state index contributed by atoms with van der Waals surface area (Å²) in [5.74, 6) is -2.68. The first-order chi connectivity index (χ1) is 11.0. The third kappa shape index (κ3) is 3.88. The summed E-state index contributed by atoms with van der Waals surface area (Å²) in [6.45, 7) is 0. The predicted octanol–water partition coefficient (Wildman–Crippen LogP) is 0.972. The molecule has 0 saturated heterocycles. The van der Waals surface area contributed by atoms with Crippen molar-refractivity contribution >= 4 is 31.7 Å². The Kier molecular flexibility index (Phi) is 4.60. The van der Waals surface area contributed by atoms with Crippen LogP contribution in [0.1, 0.15) is 10.4 Å². The Labute approximate surface area is 136 Å². The maximum atomic E-state index is 13.3. The molecule has 0 fully saturated rings. The number of aromatic carboxylic acids is 1. The summed E-state index contributed by atoms with van der Waals surface area (Å²) in [6, 6.07) is 6.84. The van der Waals surface area contributed by atoms with Crippen LogP contribution < -0.4 is 9.86 Å². The lowest BCUT2D eigenvalue weighted by Gasteiger charge is -2.09. The summed E-state index contributed by atoms with van der Waals surface area (Å²) in [4.78, 5) is 10.2. The van der Waals surface area contributed by atoms with Gasteiger partial charge in [0.1, 0.15) is 5.82 Å². The minimum Gasteiger partial charge on any atom is -0.478 e. The van der Waals surface area contributed by atoms with Crippen molar-refractivity contribution in [1.29, 1.82) is 0 Å². The van der Waals surface area contributed by atoms with Crippen molar-refractivity contribution in [3.05, 3.63) is 53.8 Å². The van der Waals surface area contributed by atoms with Crippen molar-refractivity contribution in [2.75, 3.05) is 4.72 Å². The molecule has 0 aromatic heterocycles. The van der Waals surface area contributed by atoms with Gasteiger partial charge in [-0.2, -0.15) is 0 Å². The lowest BCUT2D eigenvalue weighted by Crippen LogP contribution is -2.15. The molecular formula is C13H11FN2O6S2. The Balaban J connectivity index is 2.35. The van der Waals surface area contributed by atoms with E-state index < -0.39 is 42.3 Å². The molecule has 0 spiro atoms. The Morgan fingerprint density at radius 1 is 1.00 bits per heavy atom. The zero-order valence-corrected chi connectivity index (χ0v) is 13.4. The molecule has 2 aromatic rings.